The van der Waals surface area contributed by atoms with Crippen molar-refractivity contribution in [1.29, 1.82) is 0 Å². The van der Waals surface area contributed by atoms with E-state index in [4.69, 9.17) is 13.9 Å². The highest BCUT2D eigenvalue weighted by Crippen LogP contribution is 2.23. The minimum atomic E-state index is -0.359. The summed E-state index contributed by atoms with van der Waals surface area (Å²) in [4.78, 5) is 11.6. The molecule has 1 aromatic carbocycles. The van der Waals surface area contributed by atoms with E-state index in [0.29, 0.717) is 17.9 Å². The molecule has 22 heavy (non-hydrogen) atoms. The molecule has 0 N–H and O–H groups in total. The van der Waals surface area contributed by atoms with Gasteiger partial charge in [0.15, 0.2) is 0 Å². The van der Waals surface area contributed by atoms with E-state index in [2.05, 4.69) is 6.92 Å². The van der Waals surface area contributed by atoms with Gasteiger partial charge in [-0.25, -0.2) is 4.79 Å². The van der Waals surface area contributed by atoms with Crippen LogP contribution in [0.15, 0.2) is 33.5 Å². The van der Waals surface area contributed by atoms with Crippen molar-refractivity contribution in [3.05, 3.63) is 40.2 Å². The third-order valence-corrected chi connectivity index (χ3v) is 3.69. The lowest BCUT2D eigenvalue weighted by Gasteiger charge is -2.08. The minimum absolute atomic E-state index is 0.359. The van der Waals surface area contributed by atoms with Gasteiger partial charge in [0.25, 0.3) is 0 Å². The fraction of sp³-hybridized carbons (Fsp3) is 0.500. The fourth-order valence-corrected chi connectivity index (χ4v) is 2.45. The molecule has 0 fully saturated rings. The number of fused-ring (bicyclic) bond motifs is 1. The molecule has 0 spiro atoms. The van der Waals surface area contributed by atoms with Crippen LogP contribution in [-0.2, 0) is 11.3 Å². The Morgan fingerprint density at radius 2 is 1.91 bits per heavy atom. The maximum atomic E-state index is 11.6. The van der Waals surface area contributed by atoms with E-state index in [1.54, 1.807) is 13.2 Å². The summed E-state index contributed by atoms with van der Waals surface area (Å²) in [6, 6.07) is 6.99. The Balaban J connectivity index is 1.97. The van der Waals surface area contributed by atoms with Gasteiger partial charge in [-0.05, 0) is 24.1 Å². The molecule has 4 nitrogen and oxygen atoms in total. The summed E-state index contributed by atoms with van der Waals surface area (Å²) >= 11 is 0. The van der Waals surface area contributed by atoms with Crippen LogP contribution in [-0.4, -0.2) is 13.7 Å². The summed E-state index contributed by atoms with van der Waals surface area (Å²) in [6.07, 6.45) is 6.05. The van der Waals surface area contributed by atoms with E-state index in [1.165, 1.54) is 31.7 Å². The third kappa shape index (κ3) is 4.60. The molecule has 0 saturated heterocycles. The van der Waals surface area contributed by atoms with Crippen molar-refractivity contribution in [3.63, 3.8) is 0 Å². The second-order valence-corrected chi connectivity index (χ2v) is 5.42. The number of methoxy groups -OCH3 is 1. The van der Waals surface area contributed by atoms with Gasteiger partial charge < -0.3 is 13.9 Å². The molecule has 0 aliphatic carbocycles. The summed E-state index contributed by atoms with van der Waals surface area (Å²) in [5, 5.41) is 0.895. The molecule has 2 rings (SSSR count). The normalized spacial score (nSPS) is 11.0. The lowest BCUT2D eigenvalue weighted by molar-refractivity contribution is 0.117. The molecule has 1 aromatic heterocycles. The van der Waals surface area contributed by atoms with Crippen molar-refractivity contribution in [1.82, 2.24) is 0 Å². The summed E-state index contributed by atoms with van der Waals surface area (Å²) in [5.74, 6) is 0.671. The smallest absolute Gasteiger partial charge is 0.336 e. The van der Waals surface area contributed by atoms with Crippen LogP contribution in [0.3, 0.4) is 0 Å². The first kappa shape index (κ1) is 16.6. The van der Waals surface area contributed by atoms with E-state index >= 15 is 0 Å². The predicted molar refractivity (Wildman–Crippen MR) is 87.5 cm³/mol. The van der Waals surface area contributed by atoms with Crippen LogP contribution in [0.5, 0.6) is 5.75 Å². The molecular weight excluding hydrogens is 280 g/mol. The highest BCUT2D eigenvalue weighted by Gasteiger charge is 2.07. The van der Waals surface area contributed by atoms with Gasteiger partial charge in [0.2, 0.25) is 0 Å². The van der Waals surface area contributed by atoms with Gasteiger partial charge in [-0.15, -0.1) is 0 Å². The maximum Gasteiger partial charge on any atom is 0.336 e. The van der Waals surface area contributed by atoms with E-state index in [0.717, 1.165) is 24.0 Å². The van der Waals surface area contributed by atoms with Crippen molar-refractivity contribution in [3.8, 4) is 5.75 Å². The van der Waals surface area contributed by atoms with Crippen LogP contribution in [0, 0.1) is 0 Å². The second kappa shape index (κ2) is 8.59. The number of ether oxygens (including phenoxy) is 2. The number of unbranched alkanes of at least 4 members (excludes halogenated alkanes) is 4. The molecule has 4 heteroatoms. The fourth-order valence-electron chi connectivity index (χ4n) is 2.45. The van der Waals surface area contributed by atoms with Crippen LogP contribution >= 0.6 is 0 Å². The zero-order valence-electron chi connectivity index (χ0n) is 13.4. The second-order valence-electron chi connectivity index (χ2n) is 5.42. The Kier molecular flexibility index (Phi) is 6.46. The summed E-state index contributed by atoms with van der Waals surface area (Å²) in [6.45, 7) is 3.36. The highest BCUT2D eigenvalue weighted by atomic mass is 16.5. The monoisotopic (exact) mass is 304 g/mol. The molecule has 0 atom stereocenters. The van der Waals surface area contributed by atoms with Gasteiger partial charge in [0.1, 0.15) is 11.3 Å². The predicted octanol–water partition coefficient (Wildman–Crippen LogP) is 4.29. The topological polar surface area (TPSA) is 48.7 Å². The Morgan fingerprint density at radius 3 is 2.68 bits per heavy atom. The Hall–Kier alpha value is -1.81. The quantitative estimate of drug-likeness (QED) is 0.512. The lowest BCUT2D eigenvalue weighted by atomic mass is 10.1. The van der Waals surface area contributed by atoms with E-state index < -0.39 is 0 Å². The van der Waals surface area contributed by atoms with Crippen molar-refractivity contribution < 1.29 is 13.9 Å². The Bertz CT molecular complexity index is 645. The van der Waals surface area contributed by atoms with Crippen LogP contribution in [0.1, 0.15) is 44.6 Å². The SMILES string of the molecule is CCCCCCCOCc1cc(=O)oc2cc(OC)ccc12. The molecular formula is C18H24O4. The first-order chi connectivity index (χ1) is 10.7. The zero-order valence-corrected chi connectivity index (χ0v) is 13.4. The average molecular weight is 304 g/mol. The van der Waals surface area contributed by atoms with Gasteiger partial charge in [0.05, 0.1) is 13.7 Å². The molecule has 120 valence electrons. The highest BCUT2D eigenvalue weighted by molar-refractivity contribution is 5.81. The molecule has 0 bridgehead atoms. The summed E-state index contributed by atoms with van der Waals surface area (Å²) in [5.41, 5.74) is 1.04. The van der Waals surface area contributed by atoms with Crippen LogP contribution in [0.4, 0.5) is 0 Å². The van der Waals surface area contributed by atoms with Crippen LogP contribution < -0.4 is 10.4 Å². The van der Waals surface area contributed by atoms with Gasteiger partial charge in [-0.3, -0.25) is 0 Å². The molecule has 2 aromatic rings. The Morgan fingerprint density at radius 1 is 1.09 bits per heavy atom. The first-order valence-electron chi connectivity index (χ1n) is 7.93. The maximum absolute atomic E-state index is 11.6. The largest absolute Gasteiger partial charge is 0.497 e. The van der Waals surface area contributed by atoms with Crippen molar-refractivity contribution >= 4 is 11.0 Å². The van der Waals surface area contributed by atoms with Crippen molar-refractivity contribution in [2.75, 3.05) is 13.7 Å². The van der Waals surface area contributed by atoms with E-state index in [9.17, 15) is 4.79 Å². The standard InChI is InChI=1S/C18H24O4/c1-3-4-5-6-7-10-21-13-14-11-18(19)22-17-12-15(20-2)8-9-16(14)17/h8-9,11-12H,3-7,10,13H2,1-2H3. The zero-order chi connectivity index (χ0) is 15.8. The third-order valence-electron chi connectivity index (χ3n) is 3.69. The number of hydrogen-bond acceptors (Lipinski definition) is 4. The first-order valence-corrected chi connectivity index (χ1v) is 7.93. The van der Waals surface area contributed by atoms with Crippen molar-refractivity contribution in [2.24, 2.45) is 0 Å². The van der Waals surface area contributed by atoms with Crippen LogP contribution in [0.25, 0.3) is 11.0 Å². The molecule has 0 amide bonds. The van der Waals surface area contributed by atoms with Crippen molar-refractivity contribution in [2.45, 2.75) is 45.6 Å². The van der Waals surface area contributed by atoms with Gasteiger partial charge in [-0.2, -0.15) is 0 Å². The molecule has 1 heterocycles. The Labute approximate surface area is 131 Å². The van der Waals surface area contributed by atoms with E-state index in [-0.39, 0.29) is 5.63 Å². The minimum Gasteiger partial charge on any atom is -0.497 e. The molecule has 0 aliphatic rings. The summed E-state index contributed by atoms with van der Waals surface area (Å²) < 4.78 is 16.1. The molecule has 0 aliphatic heterocycles. The molecule has 0 radical (unpaired) electrons. The van der Waals surface area contributed by atoms with Gasteiger partial charge in [-0.1, -0.05) is 32.6 Å². The molecule has 0 unspecified atom stereocenters. The lowest BCUT2D eigenvalue weighted by Crippen LogP contribution is -2.03. The number of hydrogen-bond donors (Lipinski definition) is 0. The summed E-state index contributed by atoms with van der Waals surface area (Å²) in [7, 11) is 1.59. The number of benzene rings is 1. The van der Waals surface area contributed by atoms with Gasteiger partial charge in [0, 0.05) is 24.1 Å². The van der Waals surface area contributed by atoms with E-state index in [1.807, 2.05) is 12.1 Å². The average Bonchev–Trinajstić information content (AvgIpc) is 2.53. The van der Waals surface area contributed by atoms with Gasteiger partial charge >= 0.3 is 5.63 Å². The van der Waals surface area contributed by atoms with Crippen LogP contribution in [0.2, 0.25) is 0 Å². The number of rotatable bonds is 9. The molecule has 0 saturated carbocycles.